The van der Waals surface area contributed by atoms with E-state index in [1.165, 1.54) is 12.1 Å². The Labute approximate surface area is 201 Å². The standard InChI is InChI=1S/C26H30ClNO4Si/c1-26(2,3)33(23-10-6-4-7-11-23,24-12-8-5-9-13-24)32-19-20(18-29)16-21-17-22(27)14-15-25(21)28(30)31/h4-15,17,20,29H,16,18-19H2,1-3H3. The molecule has 7 heteroatoms. The number of aliphatic hydroxyl groups is 1. The van der Waals surface area contributed by atoms with Gasteiger partial charge in [0.1, 0.15) is 0 Å². The Kier molecular flexibility index (Phi) is 8.08. The summed E-state index contributed by atoms with van der Waals surface area (Å²) in [7, 11) is -2.76. The smallest absolute Gasteiger partial charge is 0.272 e. The quantitative estimate of drug-likeness (QED) is 0.265. The number of benzene rings is 3. The lowest BCUT2D eigenvalue weighted by Crippen LogP contribution is -2.67. The lowest BCUT2D eigenvalue weighted by atomic mass is 9.99. The minimum Gasteiger partial charge on any atom is -0.407 e. The lowest BCUT2D eigenvalue weighted by molar-refractivity contribution is -0.385. The minimum atomic E-state index is -2.76. The summed E-state index contributed by atoms with van der Waals surface area (Å²) >= 11 is 6.11. The number of aliphatic hydroxyl groups excluding tert-OH is 1. The van der Waals surface area contributed by atoms with Crippen molar-refractivity contribution in [2.75, 3.05) is 13.2 Å². The molecule has 33 heavy (non-hydrogen) atoms. The zero-order valence-corrected chi connectivity index (χ0v) is 21.0. The van der Waals surface area contributed by atoms with Crippen LogP contribution in [0.4, 0.5) is 5.69 Å². The number of rotatable bonds is 9. The predicted octanol–water partition coefficient (Wildman–Crippen LogP) is 4.98. The molecule has 1 atom stereocenters. The fraction of sp³-hybridized carbons (Fsp3) is 0.308. The largest absolute Gasteiger partial charge is 0.407 e. The van der Waals surface area contributed by atoms with Crippen LogP contribution >= 0.6 is 11.6 Å². The molecular weight excluding hydrogens is 454 g/mol. The molecule has 0 fully saturated rings. The van der Waals surface area contributed by atoms with Crippen LogP contribution in [0.25, 0.3) is 0 Å². The highest BCUT2D eigenvalue weighted by Crippen LogP contribution is 2.37. The van der Waals surface area contributed by atoms with Crippen molar-refractivity contribution in [1.82, 2.24) is 0 Å². The van der Waals surface area contributed by atoms with Crippen LogP contribution in [-0.2, 0) is 10.8 Å². The van der Waals surface area contributed by atoms with E-state index in [0.29, 0.717) is 17.0 Å². The Morgan fingerprint density at radius 1 is 1.00 bits per heavy atom. The highest BCUT2D eigenvalue weighted by atomic mass is 35.5. The molecule has 0 spiro atoms. The molecule has 1 unspecified atom stereocenters. The summed E-state index contributed by atoms with van der Waals surface area (Å²) in [6.45, 7) is 6.69. The first-order valence-corrected chi connectivity index (χ1v) is 13.3. The molecule has 3 aromatic carbocycles. The van der Waals surface area contributed by atoms with Gasteiger partial charge in [-0.05, 0) is 34.0 Å². The Balaban J connectivity index is 1.99. The van der Waals surface area contributed by atoms with E-state index in [9.17, 15) is 15.2 Å². The van der Waals surface area contributed by atoms with Crippen LogP contribution in [0.15, 0.2) is 78.9 Å². The van der Waals surface area contributed by atoms with E-state index in [0.717, 1.165) is 10.4 Å². The average Bonchev–Trinajstić information content (AvgIpc) is 2.79. The van der Waals surface area contributed by atoms with Gasteiger partial charge >= 0.3 is 0 Å². The first-order valence-electron chi connectivity index (χ1n) is 11.0. The molecule has 0 radical (unpaired) electrons. The van der Waals surface area contributed by atoms with Gasteiger partial charge in [0.05, 0.1) is 4.92 Å². The molecule has 1 N–H and O–H groups in total. The second-order valence-electron chi connectivity index (χ2n) is 9.26. The van der Waals surface area contributed by atoms with Crippen LogP contribution in [-0.4, -0.2) is 31.6 Å². The topological polar surface area (TPSA) is 72.6 Å². The molecule has 0 saturated heterocycles. The monoisotopic (exact) mass is 483 g/mol. The maximum absolute atomic E-state index is 11.5. The van der Waals surface area contributed by atoms with Gasteiger partial charge in [-0.15, -0.1) is 0 Å². The van der Waals surface area contributed by atoms with Crippen LogP contribution in [0.3, 0.4) is 0 Å². The summed E-state index contributed by atoms with van der Waals surface area (Å²) < 4.78 is 6.90. The van der Waals surface area contributed by atoms with Gasteiger partial charge in [0, 0.05) is 35.8 Å². The first-order chi connectivity index (χ1) is 15.7. The van der Waals surface area contributed by atoms with Crippen LogP contribution in [0.2, 0.25) is 10.1 Å². The number of nitro benzene ring substituents is 1. The van der Waals surface area contributed by atoms with Crippen molar-refractivity contribution in [3.63, 3.8) is 0 Å². The summed E-state index contributed by atoms with van der Waals surface area (Å²) in [6.07, 6.45) is 0.297. The van der Waals surface area contributed by atoms with Gasteiger partial charge in [0.2, 0.25) is 0 Å². The SMILES string of the molecule is CC(C)(C)[Si](OCC(CO)Cc1cc(Cl)ccc1[N+](=O)[O-])(c1ccccc1)c1ccccc1. The van der Waals surface area contributed by atoms with E-state index in [2.05, 4.69) is 45.0 Å². The summed E-state index contributed by atoms with van der Waals surface area (Å²) in [4.78, 5) is 11.1. The van der Waals surface area contributed by atoms with Gasteiger partial charge in [-0.1, -0.05) is 93.0 Å². The van der Waals surface area contributed by atoms with Crippen molar-refractivity contribution in [3.05, 3.63) is 99.6 Å². The molecule has 0 aliphatic rings. The molecule has 174 valence electrons. The summed E-state index contributed by atoms with van der Waals surface area (Å²) in [6, 6.07) is 25.0. The Morgan fingerprint density at radius 3 is 2.00 bits per heavy atom. The fourth-order valence-electron chi connectivity index (χ4n) is 4.39. The van der Waals surface area contributed by atoms with Gasteiger partial charge in [0.25, 0.3) is 14.0 Å². The fourth-order valence-corrected chi connectivity index (χ4v) is 9.22. The van der Waals surface area contributed by atoms with Gasteiger partial charge in [-0.3, -0.25) is 10.1 Å². The minimum absolute atomic E-state index is 0.00305. The first kappa shape index (κ1) is 25.1. The highest BCUT2D eigenvalue weighted by Gasteiger charge is 2.50. The van der Waals surface area contributed by atoms with Crippen molar-refractivity contribution in [2.45, 2.75) is 32.2 Å². The maximum Gasteiger partial charge on any atom is 0.272 e. The lowest BCUT2D eigenvalue weighted by Gasteiger charge is -2.43. The number of nitrogens with zero attached hydrogens (tertiary/aromatic N) is 1. The molecule has 0 saturated carbocycles. The predicted molar refractivity (Wildman–Crippen MR) is 136 cm³/mol. The van der Waals surface area contributed by atoms with E-state index < -0.39 is 13.2 Å². The molecule has 0 bridgehead atoms. The molecule has 5 nitrogen and oxygen atoms in total. The Morgan fingerprint density at radius 2 is 1.55 bits per heavy atom. The number of hydrogen-bond donors (Lipinski definition) is 1. The van der Waals surface area contributed by atoms with E-state index in [1.54, 1.807) is 6.07 Å². The molecule has 3 aromatic rings. The van der Waals surface area contributed by atoms with Crippen molar-refractivity contribution in [3.8, 4) is 0 Å². The third-order valence-electron chi connectivity index (χ3n) is 5.96. The normalized spacial score (nSPS) is 13.0. The van der Waals surface area contributed by atoms with E-state index >= 15 is 0 Å². The van der Waals surface area contributed by atoms with Crippen LogP contribution in [0, 0.1) is 16.0 Å². The second-order valence-corrected chi connectivity index (χ2v) is 14.0. The molecule has 3 rings (SSSR count). The van der Waals surface area contributed by atoms with Gasteiger partial charge < -0.3 is 9.53 Å². The zero-order chi connectivity index (χ0) is 24.1. The Hall–Kier alpha value is -2.51. The van der Waals surface area contributed by atoms with Gasteiger partial charge in [-0.2, -0.15) is 0 Å². The Bertz CT molecular complexity index is 1030. The molecule has 0 aliphatic carbocycles. The molecule has 0 aliphatic heterocycles. The van der Waals surface area contributed by atoms with E-state index in [4.69, 9.17) is 16.0 Å². The summed E-state index contributed by atoms with van der Waals surface area (Å²) in [5.74, 6) is -0.316. The van der Waals surface area contributed by atoms with Crippen LogP contribution in [0.5, 0.6) is 0 Å². The third-order valence-corrected chi connectivity index (χ3v) is 11.2. The van der Waals surface area contributed by atoms with Crippen molar-refractivity contribution in [1.29, 1.82) is 0 Å². The number of hydrogen-bond acceptors (Lipinski definition) is 4. The molecule has 0 amide bonds. The van der Waals surface area contributed by atoms with Crippen LogP contribution in [0.1, 0.15) is 26.3 Å². The van der Waals surface area contributed by atoms with E-state index in [-0.39, 0.29) is 29.9 Å². The number of halogens is 1. The zero-order valence-electron chi connectivity index (χ0n) is 19.2. The maximum atomic E-state index is 11.5. The van der Waals surface area contributed by atoms with Crippen molar-refractivity contribution in [2.24, 2.45) is 5.92 Å². The summed E-state index contributed by atoms with van der Waals surface area (Å²) in [5.41, 5.74) is 0.501. The van der Waals surface area contributed by atoms with Gasteiger partial charge in [0.15, 0.2) is 0 Å². The van der Waals surface area contributed by atoms with Crippen molar-refractivity contribution >= 4 is 36.0 Å². The molecular formula is C26H30ClNO4Si. The third kappa shape index (κ3) is 5.53. The van der Waals surface area contributed by atoms with Gasteiger partial charge in [-0.25, -0.2) is 0 Å². The van der Waals surface area contributed by atoms with Crippen LogP contribution < -0.4 is 10.4 Å². The van der Waals surface area contributed by atoms with Crippen molar-refractivity contribution < 1.29 is 14.5 Å². The summed E-state index contributed by atoms with van der Waals surface area (Å²) in [5, 5.41) is 24.2. The second kappa shape index (κ2) is 10.6. The van der Waals surface area contributed by atoms with E-state index in [1.807, 2.05) is 36.4 Å². The number of nitro groups is 1. The average molecular weight is 484 g/mol. The highest BCUT2D eigenvalue weighted by molar-refractivity contribution is 6.99. The molecule has 0 heterocycles. The molecule has 0 aromatic heterocycles.